The maximum absolute atomic E-state index is 3.91. The van der Waals surface area contributed by atoms with Crippen molar-refractivity contribution < 1.29 is 0 Å². The summed E-state index contributed by atoms with van der Waals surface area (Å²) in [5.74, 6) is 3.52. The Kier molecular flexibility index (Phi) is 5.87. The standard InChI is InChI=1S/C20H30S/c1-6-16-11-9-14(4)18(16)12-10-15(5)20-13-17(7-2)19(8-3)21-20/h7-8,13-16,18H,2-3,6,9-12H2,1,4-5H3/t14-,15-,16+,18+/m1/s1. The van der Waals surface area contributed by atoms with E-state index in [-0.39, 0.29) is 0 Å². The van der Waals surface area contributed by atoms with Gasteiger partial charge < -0.3 is 0 Å². The summed E-state index contributed by atoms with van der Waals surface area (Å²) in [4.78, 5) is 2.77. The topological polar surface area (TPSA) is 0 Å². The Bertz CT molecular complexity index is 457. The number of hydrogen-bond acceptors (Lipinski definition) is 1. The zero-order valence-electron chi connectivity index (χ0n) is 13.9. The molecular formula is C20H30S. The van der Waals surface area contributed by atoms with Gasteiger partial charge in [-0.3, -0.25) is 0 Å². The smallest absolute Gasteiger partial charge is 0.0339 e. The Morgan fingerprint density at radius 1 is 1.33 bits per heavy atom. The van der Waals surface area contributed by atoms with E-state index in [1.807, 2.05) is 23.5 Å². The largest absolute Gasteiger partial charge is 0.140 e. The molecule has 0 unspecified atom stereocenters. The molecule has 2 rings (SSSR count). The fraction of sp³-hybridized carbons (Fsp3) is 0.600. The van der Waals surface area contributed by atoms with Gasteiger partial charge in [-0.1, -0.05) is 58.9 Å². The summed E-state index contributed by atoms with van der Waals surface area (Å²) in [5.41, 5.74) is 1.25. The molecule has 0 N–H and O–H groups in total. The van der Waals surface area contributed by atoms with E-state index in [1.165, 1.54) is 47.4 Å². The van der Waals surface area contributed by atoms with Gasteiger partial charge in [0.05, 0.1) is 0 Å². The zero-order chi connectivity index (χ0) is 15.4. The third-order valence-corrected chi connectivity index (χ3v) is 6.87. The lowest BCUT2D eigenvalue weighted by atomic mass is 9.83. The Labute approximate surface area is 135 Å². The molecule has 21 heavy (non-hydrogen) atoms. The van der Waals surface area contributed by atoms with Gasteiger partial charge in [-0.05, 0) is 54.6 Å². The number of hydrogen-bond donors (Lipinski definition) is 0. The van der Waals surface area contributed by atoms with Crippen LogP contribution in [0.25, 0.3) is 12.2 Å². The molecule has 0 amide bonds. The van der Waals surface area contributed by atoms with E-state index in [4.69, 9.17) is 0 Å². The Balaban J connectivity index is 1.98. The van der Waals surface area contributed by atoms with Crippen LogP contribution in [0, 0.1) is 17.8 Å². The highest BCUT2D eigenvalue weighted by Crippen LogP contribution is 2.43. The molecule has 0 aromatic carbocycles. The molecule has 116 valence electrons. The van der Waals surface area contributed by atoms with Crippen molar-refractivity contribution in [1.29, 1.82) is 0 Å². The van der Waals surface area contributed by atoms with Crippen LogP contribution in [0.5, 0.6) is 0 Å². The van der Waals surface area contributed by atoms with Gasteiger partial charge in [0.25, 0.3) is 0 Å². The first-order valence-corrected chi connectivity index (χ1v) is 9.30. The van der Waals surface area contributed by atoms with E-state index in [1.54, 1.807) is 0 Å². The summed E-state index contributed by atoms with van der Waals surface area (Å²) in [5, 5.41) is 0. The molecule has 1 heterocycles. The van der Waals surface area contributed by atoms with Crippen LogP contribution in [-0.4, -0.2) is 0 Å². The van der Waals surface area contributed by atoms with Crippen LogP contribution in [0.3, 0.4) is 0 Å². The van der Waals surface area contributed by atoms with Gasteiger partial charge in [0.1, 0.15) is 0 Å². The van der Waals surface area contributed by atoms with Gasteiger partial charge in [-0.2, -0.15) is 0 Å². The third kappa shape index (κ3) is 3.69. The molecule has 0 radical (unpaired) electrons. The fourth-order valence-corrected chi connectivity index (χ4v) is 5.09. The van der Waals surface area contributed by atoms with Crippen molar-refractivity contribution in [3.8, 4) is 0 Å². The molecule has 1 saturated carbocycles. The van der Waals surface area contributed by atoms with Crippen molar-refractivity contribution >= 4 is 23.5 Å². The third-order valence-electron chi connectivity index (χ3n) is 5.49. The molecule has 0 aliphatic heterocycles. The quantitative estimate of drug-likeness (QED) is 0.509. The lowest BCUT2D eigenvalue weighted by Crippen LogP contribution is -2.13. The molecule has 1 aromatic rings. The fourth-order valence-electron chi connectivity index (χ4n) is 3.98. The number of rotatable bonds is 7. The van der Waals surface area contributed by atoms with Crippen LogP contribution in [-0.2, 0) is 0 Å². The molecule has 1 fully saturated rings. The van der Waals surface area contributed by atoms with Crippen molar-refractivity contribution in [1.82, 2.24) is 0 Å². The molecule has 1 heteroatoms. The minimum absolute atomic E-state index is 0.660. The second-order valence-electron chi connectivity index (χ2n) is 6.74. The lowest BCUT2D eigenvalue weighted by Gasteiger charge is -2.23. The summed E-state index contributed by atoms with van der Waals surface area (Å²) in [6, 6.07) is 2.31. The van der Waals surface area contributed by atoms with Crippen LogP contribution in [0.15, 0.2) is 19.2 Å². The highest BCUT2D eigenvalue weighted by molar-refractivity contribution is 7.13. The summed E-state index contributed by atoms with van der Waals surface area (Å²) < 4.78 is 0. The van der Waals surface area contributed by atoms with Crippen LogP contribution < -0.4 is 0 Å². The first kappa shape index (κ1) is 16.5. The van der Waals surface area contributed by atoms with E-state index in [0.29, 0.717) is 5.92 Å². The maximum atomic E-state index is 3.91. The van der Waals surface area contributed by atoms with Gasteiger partial charge in [0, 0.05) is 9.75 Å². The van der Waals surface area contributed by atoms with Crippen molar-refractivity contribution in [3.63, 3.8) is 0 Å². The van der Waals surface area contributed by atoms with E-state index in [9.17, 15) is 0 Å². The summed E-state index contributed by atoms with van der Waals surface area (Å²) in [6.45, 7) is 15.0. The molecule has 1 aliphatic carbocycles. The summed E-state index contributed by atoms with van der Waals surface area (Å²) in [6.07, 6.45) is 10.9. The van der Waals surface area contributed by atoms with E-state index in [0.717, 1.165) is 17.8 Å². The van der Waals surface area contributed by atoms with Gasteiger partial charge in [-0.25, -0.2) is 0 Å². The molecule has 0 bridgehead atoms. The second-order valence-corrected chi connectivity index (χ2v) is 7.86. The molecule has 0 spiro atoms. The van der Waals surface area contributed by atoms with E-state index in [2.05, 4.69) is 40.0 Å². The predicted octanol–water partition coefficient (Wildman–Crippen LogP) is 6.99. The molecule has 1 aliphatic rings. The van der Waals surface area contributed by atoms with Crippen molar-refractivity contribution in [3.05, 3.63) is 34.5 Å². The average Bonchev–Trinajstić information content (AvgIpc) is 3.07. The lowest BCUT2D eigenvalue weighted by molar-refractivity contribution is 0.287. The number of thiophene rings is 1. The molecule has 0 nitrogen and oxygen atoms in total. The van der Waals surface area contributed by atoms with E-state index >= 15 is 0 Å². The second kappa shape index (κ2) is 7.45. The Hall–Kier alpha value is -0.820. The van der Waals surface area contributed by atoms with Crippen molar-refractivity contribution in [2.24, 2.45) is 17.8 Å². The Morgan fingerprint density at radius 3 is 2.67 bits per heavy atom. The molecular weight excluding hydrogens is 272 g/mol. The summed E-state index contributed by atoms with van der Waals surface area (Å²) in [7, 11) is 0. The molecule has 4 atom stereocenters. The van der Waals surface area contributed by atoms with Crippen molar-refractivity contribution in [2.75, 3.05) is 0 Å². The minimum atomic E-state index is 0.660. The monoisotopic (exact) mass is 302 g/mol. The highest BCUT2D eigenvalue weighted by atomic mass is 32.1. The van der Waals surface area contributed by atoms with Gasteiger partial charge in [-0.15, -0.1) is 11.3 Å². The minimum Gasteiger partial charge on any atom is -0.140 e. The molecule has 1 aromatic heterocycles. The predicted molar refractivity (Wildman–Crippen MR) is 97.8 cm³/mol. The van der Waals surface area contributed by atoms with Gasteiger partial charge in [0.2, 0.25) is 0 Å². The first-order chi connectivity index (χ1) is 10.1. The zero-order valence-corrected chi connectivity index (χ0v) is 14.7. The average molecular weight is 303 g/mol. The Morgan fingerprint density at radius 2 is 2.10 bits per heavy atom. The van der Waals surface area contributed by atoms with Crippen molar-refractivity contribution in [2.45, 2.75) is 58.8 Å². The van der Waals surface area contributed by atoms with Gasteiger partial charge in [0.15, 0.2) is 0 Å². The first-order valence-electron chi connectivity index (χ1n) is 8.49. The normalized spacial score (nSPS) is 26.7. The van der Waals surface area contributed by atoms with E-state index < -0.39 is 0 Å². The maximum Gasteiger partial charge on any atom is 0.0339 e. The van der Waals surface area contributed by atoms with Gasteiger partial charge >= 0.3 is 0 Å². The SMILES string of the molecule is C=Cc1cc([C@H](C)CC[C@@H]2[C@@H](CC)CC[C@H]2C)sc1C=C. The van der Waals surface area contributed by atoms with Crippen LogP contribution in [0.4, 0.5) is 0 Å². The summed E-state index contributed by atoms with van der Waals surface area (Å²) >= 11 is 1.89. The van der Waals surface area contributed by atoms with Crippen LogP contribution in [0.2, 0.25) is 0 Å². The molecule has 0 saturated heterocycles. The highest BCUT2D eigenvalue weighted by Gasteiger charge is 2.31. The van der Waals surface area contributed by atoms with Crippen LogP contribution in [0.1, 0.15) is 74.1 Å². The van der Waals surface area contributed by atoms with Crippen LogP contribution >= 0.6 is 11.3 Å².